The van der Waals surface area contributed by atoms with Crippen LogP contribution < -0.4 is 57.4 Å². The van der Waals surface area contributed by atoms with Gasteiger partial charge in [0.25, 0.3) is 0 Å². The molecule has 0 fully saturated rings. The Bertz CT molecular complexity index is 1210. The Labute approximate surface area is 261 Å². The summed E-state index contributed by atoms with van der Waals surface area (Å²) < 4.78 is -0.00867. The minimum absolute atomic E-state index is 0. The Morgan fingerprint density at radius 1 is 0.658 bits per heavy atom. The summed E-state index contributed by atoms with van der Waals surface area (Å²) in [4.78, 5) is 4.44. The Morgan fingerprint density at radius 2 is 1.08 bits per heavy atom. The van der Waals surface area contributed by atoms with Crippen LogP contribution in [0, 0.1) is 0 Å². The second-order valence-electron chi connectivity index (χ2n) is 10.3. The zero-order valence-corrected chi connectivity index (χ0v) is 28.3. The Kier molecular flexibility index (Phi) is 13.0. The van der Waals surface area contributed by atoms with Crippen molar-refractivity contribution in [3.63, 3.8) is 0 Å². The molecule has 7 heteroatoms. The smallest absolute Gasteiger partial charge is 1.00 e. The minimum Gasteiger partial charge on any atom is -1.00 e. The van der Waals surface area contributed by atoms with Gasteiger partial charge in [0.15, 0.2) is 0 Å². The van der Waals surface area contributed by atoms with E-state index >= 15 is 0 Å². The van der Waals surface area contributed by atoms with Crippen LogP contribution in [0.3, 0.4) is 0 Å². The van der Waals surface area contributed by atoms with Gasteiger partial charge in [0.05, 0.1) is 0 Å². The van der Waals surface area contributed by atoms with Gasteiger partial charge in [-0.15, -0.1) is 0 Å². The minimum atomic E-state index is -1.48. The number of nitrogens with zero attached hydrogens (tertiary/aromatic N) is 2. The SMILES string of the molecule is CC1=C(C)[C]([Ti+3])(C[SiH](c2ccccc2)c2ccccc2)C(c2cc(N(C)C)cc(N(C)C)c2)=C1C.[Cl-].[Cl-].[Cl-]. The van der Waals surface area contributed by atoms with E-state index in [0.29, 0.717) is 0 Å². The number of benzene rings is 3. The van der Waals surface area contributed by atoms with Crippen LogP contribution in [-0.2, 0) is 20.4 Å². The fourth-order valence-electron chi connectivity index (χ4n) is 5.38. The van der Waals surface area contributed by atoms with Crippen molar-refractivity contribution < 1.29 is 57.7 Å². The molecule has 3 aromatic carbocycles. The van der Waals surface area contributed by atoms with Gasteiger partial charge < -0.3 is 37.2 Å². The Hall–Kier alpha value is -1.46. The summed E-state index contributed by atoms with van der Waals surface area (Å²) in [5.41, 5.74) is 9.77. The van der Waals surface area contributed by atoms with E-state index in [-0.39, 0.29) is 40.9 Å². The normalized spacial score (nSPS) is 16.6. The number of hydrogen-bond donors (Lipinski definition) is 0. The molecule has 0 heterocycles. The fraction of sp³-hybridized carbons (Fsp3) is 0.290. The third-order valence-corrected chi connectivity index (χ3v) is 13.0. The summed E-state index contributed by atoms with van der Waals surface area (Å²) in [6.45, 7) is 7.02. The van der Waals surface area contributed by atoms with Gasteiger partial charge in [-0.05, 0) is 0 Å². The molecule has 1 atom stereocenters. The zero-order valence-electron chi connectivity index (χ0n) is 23.3. The van der Waals surface area contributed by atoms with E-state index in [0.717, 1.165) is 0 Å². The van der Waals surface area contributed by atoms with Crippen molar-refractivity contribution in [2.75, 3.05) is 38.0 Å². The molecule has 0 aliphatic heterocycles. The zero-order chi connectivity index (χ0) is 25.3. The van der Waals surface area contributed by atoms with Crippen LogP contribution in [0.4, 0.5) is 11.4 Å². The van der Waals surface area contributed by atoms with Crippen molar-refractivity contribution in [1.29, 1.82) is 0 Å². The van der Waals surface area contributed by atoms with Gasteiger partial charge in [-0.1, -0.05) is 0 Å². The maximum atomic E-state index is 2.50. The first-order valence-electron chi connectivity index (χ1n) is 12.4. The molecule has 0 bridgehead atoms. The second-order valence-corrected chi connectivity index (χ2v) is 14.4. The van der Waals surface area contributed by atoms with E-state index < -0.39 is 8.80 Å². The second kappa shape index (κ2) is 14.3. The van der Waals surface area contributed by atoms with Crippen molar-refractivity contribution in [1.82, 2.24) is 0 Å². The molecular formula is C31H37Cl3N2SiTi. The first-order chi connectivity index (χ1) is 16.6. The topological polar surface area (TPSA) is 6.48 Å². The molecule has 0 amide bonds. The number of allylic oxidation sites excluding steroid dienone is 4. The van der Waals surface area contributed by atoms with E-state index in [4.69, 9.17) is 0 Å². The standard InChI is InChI=1S/C31H37N2Si.3ClH.Ti/c1-22-23(2)30(21-34(28-14-10-8-11-15-28)29-16-12-9-13-17-29)31(24(22)3)25-18-26(32(4)5)20-27(19-25)33(6)7;;;;/h8-20,34H,21H2,1-7H3;3*1H;/q;;;;+3/p-3. The van der Waals surface area contributed by atoms with Gasteiger partial charge in [0.2, 0.25) is 0 Å². The summed E-state index contributed by atoms with van der Waals surface area (Å²) in [5.74, 6) is 0. The molecule has 4 rings (SSSR count). The van der Waals surface area contributed by atoms with E-state index in [1.54, 1.807) is 0 Å². The molecule has 0 N–H and O–H groups in total. The molecule has 1 unspecified atom stereocenters. The van der Waals surface area contributed by atoms with E-state index in [9.17, 15) is 0 Å². The largest absolute Gasteiger partial charge is 1.00 e. The molecule has 0 spiro atoms. The molecular weight excluding hydrogens is 583 g/mol. The van der Waals surface area contributed by atoms with Gasteiger partial charge in [-0.2, -0.15) is 0 Å². The first kappa shape index (κ1) is 34.6. The van der Waals surface area contributed by atoms with Crippen LogP contribution in [0.5, 0.6) is 0 Å². The van der Waals surface area contributed by atoms with Gasteiger partial charge in [-0.3, -0.25) is 0 Å². The third-order valence-electron chi connectivity index (χ3n) is 7.71. The Balaban J connectivity index is 0.00000241. The number of halogens is 3. The number of rotatable bonds is 7. The number of hydrogen-bond acceptors (Lipinski definition) is 2. The maximum absolute atomic E-state index is 2.50. The molecule has 3 aromatic rings. The molecule has 0 aromatic heterocycles. The summed E-state index contributed by atoms with van der Waals surface area (Å²) >= 11 is 2.50. The Morgan fingerprint density at radius 3 is 1.47 bits per heavy atom. The molecule has 0 radical (unpaired) electrons. The molecule has 1 aliphatic rings. The predicted octanol–water partition coefficient (Wildman–Crippen LogP) is -3.30. The van der Waals surface area contributed by atoms with Crippen LogP contribution >= 0.6 is 0 Å². The third kappa shape index (κ3) is 6.81. The van der Waals surface area contributed by atoms with Crippen molar-refractivity contribution in [2.45, 2.75) is 30.5 Å². The molecule has 2 nitrogen and oxygen atoms in total. The first-order valence-corrected chi connectivity index (χ1v) is 15.1. The van der Waals surface area contributed by atoms with E-state index in [1.807, 2.05) is 0 Å². The maximum Gasteiger partial charge on any atom is -1.00 e. The van der Waals surface area contributed by atoms with Crippen molar-refractivity contribution in [3.05, 3.63) is 101 Å². The molecule has 0 saturated heterocycles. The van der Waals surface area contributed by atoms with Gasteiger partial charge in [-0.25, -0.2) is 0 Å². The average Bonchev–Trinajstić information content (AvgIpc) is 3.03. The van der Waals surface area contributed by atoms with Crippen LogP contribution in [0.2, 0.25) is 9.76 Å². The fourth-order valence-corrected chi connectivity index (χ4v) is 10.5. The number of anilines is 2. The van der Waals surface area contributed by atoms with Crippen LogP contribution in [0.25, 0.3) is 5.57 Å². The van der Waals surface area contributed by atoms with E-state index in [2.05, 4.69) is 158 Å². The van der Waals surface area contributed by atoms with Gasteiger partial charge in [0.1, 0.15) is 0 Å². The quantitative estimate of drug-likeness (QED) is 0.256. The summed E-state index contributed by atoms with van der Waals surface area (Å²) in [6, 6.07) is 30.7. The van der Waals surface area contributed by atoms with Crippen LogP contribution in [-0.4, -0.2) is 37.0 Å². The molecule has 38 heavy (non-hydrogen) atoms. The van der Waals surface area contributed by atoms with Crippen molar-refractivity contribution in [2.24, 2.45) is 0 Å². The molecule has 200 valence electrons. The van der Waals surface area contributed by atoms with Crippen LogP contribution in [0.1, 0.15) is 26.3 Å². The van der Waals surface area contributed by atoms with Gasteiger partial charge >= 0.3 is 226 Å². The summed E-state index contributed by atoms with van der Waals surface area (Å²) in [5, 5.41) is 3.04. The van der Waals surface area contributed by atoms with E-state index in [1.165, 1.54) is 55.6 Å². The monoisotopic (exact) mass is 618 g/mol. The van der Waals surface area contributed by atoms with Crippen LogP contribution in [0.15, 0.2) is 95.6 Å². The molecule has 0 saturated carbocycles. The summed E-state index contributed by atoms with van der Waals surface area (Å²) in [6.07, 6.45) is 0. The van der Waals surface area contributed by atoms with Crippen molar-refractivity contribution in [3.8, 4) is 0 Å². The molecule has 1 aliphatic carbocycles. The van der Waals surface area contributed by atoms with Gasteiger partial charge in [0, 0.05) is 0 Å². The van der Waals surface area contributed by atoms with Crippen molar-refractivity contribution >= 4 is 36.1 Å². The summed E-state index contributed by atoms with van der Waals surface area (Å²) in [7, 11) is 7.06. The average molecular weight is 620 g/mol. The predicted molar refractivity (Wildman–Crippen MR) is 153 cm³/mol.